The van der Waals surface area contributed by atoms with Crippen LogP contribution in [0.3, 0.4) is 0 Å². The van der Waals surface area contributed by atoms with Crippen molar-refractivity contribution in [3.63, 3.8) is 0 Å². The van der Waals surface area contributed by atoms with Crippen molar-refractivity contribution >= 4 is 33.5 Å². The third kappa shape index (κ3) is 11.4. The lowest BCUT2D eigenvalue weighted by Crippen LogP contribution is -2.55. The van der Waals surface area contributed by atoms with Gasteiger partial charge in [0.1, 0.15) is 12.1 Å². The van der Waals surface area contributed by atoms with Crippen molar-refractivity contribution in [1.82, 2.24) is 30.9 Å². The molecule has 3 rings (SSSR count). The van der Waals surface area contributed by atoms with E-state index in [9.17, 15) is 27.6 Å². The van der Waals surface area contributed by atoms with Crippen molar-refractivity contribution in [2.24, 2.45) is 11.3 Å². The van der Waals surface area contributed by atoms with Gasteiger partial charge in [-0.1, -0.05) is 70.5 Å². The minimum atomic E-state index is -4.22. The first-order chi connectivity index (χ1) is 21.9. The van der Waals surface area contributed by atoms with Gasteiger partial charge in [-0.2, -0.15) is 4.72 Å². The molecule has 0 aliphatic heterocycles. The fourth-order valence-electron chi connectivity index (χ4n) is 4.33. The zero-order chi connectivity index (χ0) is 34.9. The summed E-state index contributed by atoms with van der Waals surface area (Å²) in [6, 6.07) is 11.1. The van der Waals surface area contributed by atoms with Crippen LogP contribution in [0.25, 0.3) is 11.5 Å². The monoisotopic (exact) mass is 668 g/mol. The van der Waals surface area contributed by atoms with Gasteiger partial charge in [0.05, 0.1) is 17.4 Å². The molecule has 0 radical (unpaired) electrons. The molecule has 4 N–H and O–H groups in total. The summed E-state index contributed by atoms with van der Waals surface area (Å²) in [5, 5.41) is 15.7. The smallest absolute Gasteiger partial charge is 0.286 e. The number of benzene rings is 2. The number of Topliss-reactive ketones (excluding diaryl/α,β-unsaturated/α-hetero) is 1. The summed E-state index contributed by atoms with van der Waals surface area (Å²) in [5.41, 5.74) is 1.21. The molecule has 47 heavy (non-hydrogen) atoms. The van der Waals surface area contributed by atoms with Gasteiger partial charge in [-0.05, 0) is 55.9 Å². The largest absolute Gasteiger partial charge is 0.414 e. The van der Waals surface area contributed by atoms with Crippen LogP contribution in [0.2, 0.25) is 0 Å². The molecule has 254 valence electrons. The maximum absolute atomic E-state index is 13.4. The summed E-state index contributed by atoms with van der Waals surface area (Å²) in [5.74, 6) is -2.91. The van der Waals surface area contributed by atoms with Gasteiger partial charge >= 0.3 is 0 Å². The van der Waals surface area contributed by atoms with Crippen LogP contribution in [0.5, 0.6) is 0 Å². The first-order valence-corrected chi connectivity index (χ1v) is 16.8. The van der Waals surface area contributed by atoms with Gasteiger partial charge in [-0.15, -0.1) is 10.2 Å². The molecule has 0 aliphatic rings. The predicted octanol–water partition coefficient (Wildman–Crippen LogP) is 3.16. The third-order valence-electron chi connectivity index (χ3n) is 6.90. The van der Waals surface area contributed by atoms with E-state index >= 15 is 0 Å². The zero-order valence-corrected chi connectivity index (χ0v) is 28.6. The van der Waals surface area contributed by atoms with Crippen molar-refractivity contribution in [2.45, 2.75) is 84.3 Å². The van der Waals surface area contributed by atoms with E-state index in [2.05, 4.69) is 30.9 Å². The molecule has 3 aromatic rings. The van der Waals surface area contributed by atoms with Crippen LogP contribution in [-0.4, -0.2) is 66.8 Å². The SMILES string of the molecule is Cc1ccc(S(=O)(=O)N[C@@H](CC(=O)NCC(C)(C)C)C(=O)N[C@@H](C)C(=O)N[C@@H](CC(C)C)C(=O)c2nnc(-c3ccccc3)o2)cc1. The Morgan fingerprint density at radius 1 is 0.851 bits per heavy atom. The number of hydrogen-bond donors (Lipinski definition) is 4. The maximum Gasteiger partial charge on any atom is 0.286 e. The number of nitrogens with one attached hydrogen (secondary N) is 4. The standard InChI is InChI=1S/C33H44N6O7S/c1-20(2)17-25(28(41)32-38-37-31(46-32)23-11-9-8-10-12-23)36-29(42)22(4)35-30(43)26(18-27(40)34-19-33(5,6)7)39-47(44,45)24-15-13-21(3)14-16-24/h8-16,20,22,25-26,39H,17-19H2,1-7H3,(H,34,40)(H,35,43)(H,36,42)/t22-,25-,26-/m0/s1. The van der Waals surface area contributed by atoms with Crippen molar-refractivity contribution in [3.05, 3.63) is 66.1 Å². The van der Waals surface area contributed by atoms with Gasteiger partial charge < -0.3 is 20.4 Å². The number of carbonyl (C=O) groups is 4. The molecule has 14 heteroatoms. The Labute approximate surface area is 275 Å². The number of rotatable bonds is 15. The molecule has 13 nitrogen and oxygen atoms in total. The molecule has 1 aromatic heterocycles. The van der Waals surface area contributed by atoms with E-state index in [1.54, 1.807) is 43.3 Å². The summed E-state index contributed by atoms with van der Waals surface area (Å²) >= 11 is 0. The minimum absolute atomic E-state index is 0.0159. The molecule has 0 aliphatic carbocycles. The van der Waals surface area contributed by atoms with E-state index in [-0.39, 0.29) is 34.4 Å². The van der Waals surface area contributed by atoms with Gasteiger partial charge in [0, 0.05) is 12.1 Å². The fourth-order valence-corrected chi connectivity index (χ4v) is 5.53. The number of nitrogens with zero attached hydrogens (tertiary/aromatic N) is 2. The van der Waals surface area contributed by atoms with Gasteiger partial charge in [-0.25, -0.2) is 8.42 Å². The second-order valence-corrected chi connectivity index (χ2v) is 14.8. The predicted molar refractivity (Wildman–Crippen MR) is 175 cm³/mol. The summed E-state index contributed by atoms with van der Waals surface area (Å²) in [6.45, 7) is 13.0. The Hall–Kier alpha value is -4.43. The third-order valence-corrected chi connectivity index (χ3v) is 8.39. The molecule has 2 aromatic carbocycles. The Morgan fingerprint density at radius 3 is 2.09 bits per heavy atom. The number of amides is 3. The molecule has 0 bridgehead atoms. The van der Waals surface area contributed by atoms with Gasteiger partial charge in [0.2, 0.25) is 39.4 Å². The number of hydrogen-bond acceptors (Lipinski definition) is 9. The second-order valence-electron chi connectivity index (χ2n) is 13.1. The Balaban J connectivity index is 1.75. The van der Waals surface area contributed by atoms with Crippen LogP contribution in [-0.2, 0) is 24.4 Å². The average molecular weight is 669 g/mol. The van der Waals surface area contributed by atoms with E-state index in [0.29, 0.717) is 12.1 Å². The number of sulfonamides is 1. The van der Waals surface area contributed by atoms with E-state index in [1.807, 2.05) is 40.7 Å². The highest BCUT2D eigenvalue weighted by atomic mass is 32.2. The molecule has 0 saturated heterocycles. The molecular formula is C33H44N6O7S. The summed E-state index contributed by atoms with van der Waals surface area (Å²) < 4.78 is 34.2. The van der Waals surface area contributed by atoms with Gasteiger partial charge in [-0.3, -0.25) is 19.2 Å². The van der Waals surface area contributed by atoms with E-state index in [4.69, 9.17) is 4.42 Å². The van der Waals surface area contributed by atoms with E-state index < -0.39 is 58.1 Å². The first-order valence-electron chi connectivity index (χ1n) is 15.3. The summed E-state index contributed by atoms with van der Waals surface area (Å²) in [6.07, 6.45) is -0.280. The maximum atomic E-state index is 13.4. The Bertz CT molecular complexity index is 1650. The highest BCUT2D eigenvalue weighted by Gasteiger charge is 2.33. The Morgan fingerprint density at radius 2 is 1.49 bits per heavy atom. The number of ketones is 1. The van der Waals surface area contributed by atoms with Crippen molar-refractivity contribution in [1.29, 1.82) is 0 Å². The molecule has 1 heterocycles. The van der Waals surface area contributed by atoms with Crippen LogP contribution < -0.4 is 20.7 Å². The van der Waals surface area contributed by atoms with Gasteiger partial charge in [0.15, 0.2) is 0 Å². The molecule has 0 saturated carbocycles. The summed E-state index contributed by atoms with van der Waals surface area (Å²) in [7, 11) is -4.22. The highest BCUT2D eigenvalue weighted by molar-refractivity contribution is 7.89. The topological polar surface area (TPSA) is 189 Å². The zero-order valence-electron chi connectivity index (χ0n) is 27.8. The number of carbonyl (C=O) groups excluding carboxylic acids is 4. The minimum Gasteiger partial charge on any atom is -0.414 e. The normalized spacial score (nSPS) is 13.8. The van der Waals surface area contributed by atoms with E-state index in [0.717, 1.165) is 5.56 Å². The number of aryl methyl sites for hydroxylation is 1. The molecule has 0 unspecified atom stereocenters. The average Bonchev–Trinajstić information content (AvgIpc) is 3.49. The first kappa shape index (κ1) is 37.0. The molecule has 0 spiro atoms. The van der Waals surface area contributed by atoms with Crippen molar-refractivity contribution in [3.8, 4) is 11.5 Å². The second kappa shape index (κ2) is 15.9. The fraction of sp³-hybridized carbons (Fsp3) is 0.455. The lowest BCUT2D eigenvalue weighted by Gasteiger charge is -2.24. The van der Waals surface area contributed by atoms with Crippen LogP contribution in [0.15, 0.2) is 63.9 Å². The van der Waals surface area contributed by atoms with Crippen LogP contribution >= 0.6 is 0 Å². The van der Waals surface area contributed by atoms with Gasteiger partial charge in [0.25, 0.3) is 5.89 Å². The molecule has 3 atom stereocenters. The van der Waals surface area contributed by atoms with Crippen molar-refractivity contribution < 1.29 is 32.0 Å². The highest BCUT2D eigenvalue weighted by Crippen LogP contribution is 2.19. The Kier molecular flexibility index (Phi) is 12.5. The van der Waals surface area contributed by atoms with Crippen LogP contribution in [0, 0.1) is 18.3 Å². The summed E-state index contributed by atoms with van der Waals surface area (Å²) in [4.78, 5) is 52.7. The molecule has 3 amide bonds. The van der Waals surface area contributed by atoms with Crippen molar-refractivity contribution in [2.75, 3.05) is 6.54 Å². The number of aromatic nitrogens is 2. The molecular weight excluding hydrogens is 624 g/mol. The molecule has 0 fully saturated rings. The van der Waals surface area contributed by atoms with E-state index in [1.165, 1.54) is 19.1 Å². The lowest BCUT2D eigenvalue weighted by molar-refractivity contribution is -0.131. The lowest BCUT2D eigenvalue weighted by atomic mass is 9.97. The van der Waals surface area contributed by atoms with Crippen LogP contribution in [0.1, 0.15) is 70.6 Å². The van der Waals surface area contributed by atoms with Crippen LogP contribution in [0.4, 0.5) is 0 Å². The quantitative estimate of drug-likeness (QED) is 0.176.